The first-order chi connectivity index (χ1) is 10.1. The molecule has 4 nitrogen and oxygen atoms in total. The van der Waals surface area contributed by atoms with Crippen molar-refractivity contribution in [3.63, 3.8) is 0 Å². The Morgan fingerprint density at radius 1 is 1.29 bits per heavy atom. The second-order valence-electron chi connectivity index (χ2n) is 6.59. The summed E-state index contributed by atoms with van der Waals surface area (Å²) in [5.41, 5.74) is 1.38. The fourth-order valence-corrected chi connectivity index (χ4v) is 3.48. The molecule has 1 saturated carbocycles. The molecule has 0 bridgehead atoms. The van der Waals surface area contributed by atoms with Crippen LogP contribution in [0, 0.1) is 5.41 Å². The number of hydrogen-bond donors (Lipinski definition) is 1. The summed E-state index contributed by atoms with van der Waals surface area (Å²) in [7, 11) is 3.50. The van der Waals surface area contributed by atoms with Gasteiger partial charge in [-0.25, -0.2) is 0 Å². The van der Waals surface area contributed by atoms with E-state index in [0.29, 0.717) is 18.2 Å². The number of methoxy groups -OCH3 is 2. The molecule has 1 fully saturated rings. The van der Waals surface area contributed by atoms with E-state index < -0.39 is 0 Å². The average molecular weight is 291 g/mol. The third-order valence-electron chi connectivity index (χ3n) is 5.12. The fourth-order valence-electron chi connectivity index (χ4n) is 3.48. The second kappa shape index (κ2) is 5.50. The lowest BCUT2D eigenvalue weighted by Gasteiger charge is -2.52. The molecular formula is C17H25NO3. The highest BCUT2D eigenvalue weighted by Crippen LogP contribution is 2.45. The van der Waals surface area contributed by atoms with Crippen LogP contribution < -0.4 is 14.8 Å². The average Bonchev–Trinajstić information content (AvgIpc) is 2.50. The molecule has 1 heterocycles. The SMILES string of the molecule is COc1ccc2c(c1)C(NC1CC(OC)C1(C)C)CCO2. The first kappa shape index (κ1) is 14.7. The molecule has 4 heteroatoms. The van der Waals surface area contributed by atoms with Gasteiger partial charge in [-0.15, -0.1) is 0 Å². The van der Waals surface area contributed by atoms with Crippen molar-refractivity contribution in [2.75, 3.05) is 20.8 Å². The van der Waals surface area contributed by atoms with E-state index >= 15 is 0 Å². The van der Waals surface area contributed by atoms with Crippen molar-refractivity contribution in [1.82, 2.24) is 5.32 Å². The maximum absolute atomic E-state index is 5.76. The second-order valence-corrected chi connectivity index (χ2v) is 6.59. The Morgan fingerprint density at radius 2 is 2.10 bits per heavy atom. The van der Waals surface area contributed by atoms with Crippen LogP contribution in [0.5, 0.6) is 11.5 Å². The molecule has 1 N–H and O–H groups in total. The van der Waals surface area contributed by atoms with Gasteiger partial charge >= 0.3 is 0 Å². The molecule has 0 aromatic heterocycles. The summed E-state index contributed by atoms with van der Waals surface area (Å²) in [6.45, 7) is 5.31. The van der Waals surface area contributed by atoms with Crippen LogP contribution >= 0.6 is 0 Å². The number of ether oxygens (including phenoxy) is 3. The van der Waals surface area contributed by atoms with Crippen LogP contribution in [-0.2, 0) is 4.74 Å². The molecule has 3 unspecified atom stereocenters. The van der Waals surface area contributed by atoms with E-state index in [2.05, 4.69) is 25.2 Å². The van der Waals surface area contributed by atoms with Crippen molar-refractivity contribution in [2.45, 2.75) is 44.9 Å². The van der Waals surface area contributed by atoms with Crippen molar-refractivity contribution >= 4 is 0 Å². The smallest absolute Gasteiger partial charge is 0.124 e. The molecule has 1 aliphatic heterocycles. The minimum Gasteiger partial charge on any atom is -0.497 e. The highest BCUT2D eigenvalue weighted by Gasteiger charge is 2.49. The molecule has 1 aromatic rings. The molecule has 116 valence electrons. The van der Waals surface area contributed by atoms with Crippen molar-refractivity contribution in [3.8, 4) is 11.5 Å². The summed E-state index contributed by atoms with van der Waals surface area (Å²) in [4.78, 5) is 0. The topological polar surface area (TPSA) is 39.7 Å². The zero-order chi connectivity index (χ0) is 15.0. The number of rotatable bonds is 4. The quantitative estimate of drug-likeness (QED) is 0.926. The Hall–Kier alpha value is -1.26. The Morgan fingerprint density at radius 3 is 2.76 bits per heavy atom. The lowest BCUT2D eigenvalue weighted by molar-refractivity contribution is -0.101. The molecule has 3 rings (SSSR count). The molecule has 1 aliphatic carbocycles. The van der Waals surface area contributed by atoms with E-state index in [1.54, 1.807) is 14.2 Å². The van der Waals surface area contributed by atoms with E-state index in [1.807, 2.05) is 12.1 Å². The van der Waals surface area contributed by atoms with Crippen molar-refractivity contribution < 1.29 is 14.2 Å². The third kappa shape index (κ3) is 2.51. The summed E-state index contributed by atoms with van der Waals surface area (Å²) in [5, 5.41) is 3.80. The zero-order valence-corrected chi connectivity index (χ0v) is 13.3. The van der Waals surface area contributed by atoms with Crippen molar-refractivity contribution in [2.24, 2.45) is 5.41 Å². The lowest BCUT2D eigenvalue weighted by Crippen LogP contribution is -2.61. The van der Waals surface area contributed by atoms with Crippen molar-refractivity contribution in [3.05, 3.63) is 23.8 Å². The standard InChI is InChI=1S/C17H25NO3/c1-17(2)15(10-16(17)20-4)18-13-7-8-21-14-6-5-11(19-3)9-12(13)14/h5-6,9,13,15-16,18H,7-8,10H2,1-4H3. The van der Waals surface area contributed by atoms with Crippen LogP contribution in [0.2, 0.25) is 0 Å². The van der Waals surface area contributed by atoms with Crippen LogP contribution in [0.15, 0.2) is 18.2 Å². The molecule has 0 amide bonds. The molecule has 2 aliphatic rings. The number of hydrogen-bond acceptors (Lipinski definition) is 4. The van der Waals surface area contributed by atoms with Crippen LogP contribution in [0.4, 0.5) is 0 Å². The van der Waals surface area contributed by atoms with Crippen LogP contribution in [0.3, 0.4) is 0 Å². The van der Waals surface area contributed by atoms with E-state index in [9.17, 15) is 0 Å². The fraction of sp³-hybridized carbons (Fsp3) is 0.647. The highest BCUT2D eigenvalue weighted by atomic mass is 16.5. The van der Waals surface area contributed by atoms with Crippen LogP contribution in [0.25, 0.3) is 0 Å². The molecule has 1 aromatic carbocycles. The number of fused-ring (bicyclic) bond motifs is 1. The predicted octanol–water partition coefficient (Wildman–Crippen LogP) is 2.92. The van der Waals surface area contributed by atoms with Gasteiger partial charge in [0.25, 0.3) is 0 Å². The maximum Gasteiger partial charge on any atom is 0.124 e. The molecule has 0 spiro atoms. The highest BCUT2D eigenvalue weighted by molar-refractivity contribution is 5.43. The molecule has 21 heavy (non-hydrogen) atoms. The van der Waals surface area contributed by atoms with Crippen molar-refractivity contribution in [1.29, 1.82) is 0 Å². The van der Waals surface area contributed by atoms with Crippen LogP contribution in [-0.4, -0.2) is 33.0 Å². The normalized spacial score (nSPS) is 30.0. The Kier molecular flexibility index (Phi) is 3.84. The van der Waals surface area contributed by atoms with Gasteiger partial charge in [-0.1, -0.05) is 13.8 Å². The van der Waals surface area contributed by atoms with E-state index in [-0.39, 0.29) is 5.41 Å². The number of benzene rings is 1. The maximum atomic E-state index is 5.76. The molecule has 0 radical (unpaired) electrons. The predicted molar refractivity (Wildman–Crippen MR) is 82.0 cm³/mol. The van der Waals surface area contributed by atoms with Gasteiger partial charge in [0.1, 0.15) is 11.5 Å². The minimum atomic E-state index is 0.173. The van der Waals surface area contributed by atoms with Gasteiger partial charge in [0.2, 0.25) is 0 Å². The molecule has 0 saturated heterocycles. The summed E-state index contributed by atoms with van der Waals surface area (Å²) in [6.07, 6.45) is 2.41. The summed E-state index contributed by atoms with van der Waals surface area (Å²) in [6, 6.07) is 6.85. The van der Waals surface area contributed by atoms with Gasteiger partial charge in [0.05, 0.1) is 19.8 Å². The number of nitrogens with one attached hydrogen (secondary N) is 1. The van der Waals surface area contributed by atoms with E-state index in [4.69, 9.17) is 14.2 Å². The van der Waals surface area contributed by atoms with Gasteiger partial charge in [0, 0.05) is 36.6 Å². The van der Waals surface area contributed by atoms with Gasteiger partial charge in [-0.2, -0.15) is 0 Å². The monoisotopic (exact) mass is 291 g/mol. The zero-order valence-electron chi connectivity index (χ0n) is 13.3. The first-order valence-electron chi connectivity index (χ1n) is 7.66. The largest absolute Gasteiger partial charge is 0.497 e. The van der Waals surface area contributed by atoms with E-state index in [1.165, 1.54) is 5.56 Å². The van der Waals surface area contributed by atoms with Gasteiger partial charge in [-0.05, 0) is 24.6 Å². The summed E-state index contributed by atoms with van der Waals surface area (Å²) < 4.78 is 16.6. The molecular weight excluding hydrogens is 266 g/mol. The summed E-state index contributed by atoms with van der Waals surface area (Å²) >= 11 is 0. The summed E-state index contributed by atoms with van der Waals surface area (Å²) in [5.74, 6) is 1.86. The van der Waals surface area contributed by atoms with Crippen LogP contribution in [0.1, 0.15) is 38.3 Å². The minimum absolute atomic E-state index is 0.173. The Labute approximate surface area is 126 Å². The lowest BCUT2D eigenvalue weighted by atomic mass is 9.64. The van der Waals surface area contributed by atoms with Gasteiger partial charge in [0.15, 0.2) is 0 Å². The molecule has 3 atom stereocenters. The van der Waals surface area contributed by atoms with Gasteiger partial charge < -0.3 is 19.5 Å². The van der Waals surface area contributed by atoms with Gasteiger partial charge in [-0.3, -0.25) is 0 Å². The van der Waals surface area contributed by atoms with E-state index in [0.717, 1.165) is 30.9 Å². The Bertz CT molecular complexity index is 515. The third-order valence-corrected chi connectivity index (χ3v) is 5.12. The first-order valence-corrected chi connectivity index (χ1v) is 7.66. The Balaban J connectivity index is 1.77.